The highest BCUT2D eigenvalue weighted by molar-refractivity contribution is 7.87. The molecular weight excluding hydrogens is 471 g/mol. The lowest BCUT2D eigenvalue weighted by Crippen LogP contribution is -2.38. The second-order valence-electron chi connectivity index (χ2n) is 6.79. The second kappa shape index (κ2) is 9.74. The van der Waals surface area contributed by atoms with E-state index in [0.29, 0.717) is 32.1 Å². The van der Waals surface area contributed by atoms with Gasteiger partial charge in [-0.05, 0) is 19.1 Å². The molecule has 0 aliphatic carbocycles. The maximum Gasteiger partial charge on any atom is 0.534 e. The van der Waals surface area contributed by atoms with Gasteiger partial charge in [0.15, 0.2) is 0 Å². The normalized spacial score (nSPS) is 15.6. The van der Waals surface area contributed by atoms with Gasteiger partial charge in [0.05, 0.1) is 38.3 Å². The van der Waals surface area contributed by atoms with Crippen LogP contribution in [-0.4, -0.2) is 68.2 Å². The molecule has 33 heavy (non-hydrogen) atoms. The fourth-order valence-electron chi connectivity index (χ4n) is 2.74. The molecule has 0 saturated carbocycles. The highest BCUT2D eigenvalue weighted by atomic mass is 32.2. The maximum atomic E-state index is 12.8. The number of pyridine rings is 1. The monoisotopic (exact) mass is 491 g/mol. The van der Waals surface area contributed by atoms with Crippen LogP contribution in [0, 0.1) is 0 Å². The molecule has 15 heteroatoms. The average molecular weight is 491 g/mol. The molecule has 180 valence electrons. The zero-order chi connectivity index (χ0) is 24.2. The van der Waals surface area contributed by atoms with Crippen molar-refractivity contribution in [3.8, 4) is 11.6 Å². The van der Waals surface area contributed by atoms with Crippen molar-refractivity contribution in [1.82, 2.24) is 20.3 Å². The van der Waals surface area contributed by atoms with Crippen LogP contribution in [0.1, 0.15) is 29.1 Å². The standard InChI is InChI=1S/C18H20F3N5O6S/c1-11(23-16(27)13-4-3-12(30-2)10-22-13)14-9-15(32-33(28,29)18(19,20)21)25-17(24-14)26-5-7-31-8-6-26/h3-4,9-11H,5-8H2,1-2H3,(H,23,27)/t11-/m0/s1. The number of ether oxygens (including phenoxy) is 2. The minimum Gasteiger partial charge on any atom is -0.495 e. The number of nitrogens with zero attached hydrogens (tertiary/aromatic N) is 4. The van der Waals surface area contributed by atoms with Crippen LogP contribution in [0.3, 0.4) is 0 Å². The van der Waals surface area contributed by atoms with E-state index in [1.165, 1.54) is 32.4 Å². The lowest BCUT2D eigenvalue weighted by Gasteiger charge is -2.27. The van der Waals surface area contributed by atoms with Gasteiger partial charge in [0, 0.05) is 19.2 Å². The summed E-state index contributed by atoms with van der Waals surface area (Å²) in [6.07, 6.45) is 1.34. The van der Waals surface area contributed by atoms with Crippen molar-refractivity contribution >= 4 is 22.0 Å². The summed E-state index contributed by atoms with van der Waals surface area (Å²) in [7, 11) is -4.51. The van der Waals surface area contributed by atoms with Crippen molar-refractivity contribution in [1.29, 1.82) is 0 Å². The number of aromatic nitrogens is 3. The van der Waals surface area contributed by atoms with Gasteiger partial charge in [-0.3, -0.25) is 4.79 Å². The third kappa shape index (κ3) is 5.98. The van der Waals surface area contributed by atoms with Crippen LogP contribution in [0.5, 0.6) is 11.6 Å². The smallest absolute Gasteiger partial charge is 0.495 e. The first-order valence-electron chi connectivity index (χ1n) is 9.53. The van der Waals surface area contributed by atoms with Crippen LogP contribution >= 0.6 is 0 Å². The van der Waals surface area contributed by atoms with Crippen molar-refractivity contribution in [2.45, 2.75) is 18.5 Å². The highest BCUT2D eigenvalue weighted by Crippen LogP contribution is 2.28. The molecular formula is C18H20F3N5O6S. The quantitative estimate of drug-likeness (QED) is 0.448. The molecule has 11 nitrogen and oxygen atoms in total. The molecule has 0 unspecified atom stereocenters. The zero-order valence-electron chi connectivity index (χ0n) is 17.5. The van der Waals surface area contributed by atoms with Gasteiger partial charge in [-0.2, -0.15) is 26.6 Å². The Morgan fingerprint density at radius 1 is 1.24 bits per heavy atom. The number of methoxy groups -OCH3 is 1. The highest BCUT2D eigenvalue weighted by Gasteiger charge is 2.49. The van der Waals surface area contributed by atoms with E-state index in [2.05, 4.69) is 24.5 Å². The SMILES string of the molecule is COc1ccc(C(=O)N[C@@H](C)c2cc(OS(=O)(=O)C(F)(F)F)nc(N3CCOCC3)n2)nc1. The van der Waals surface area contributed by atoms with Gasteiger partial charge in [-0.1, -0.05) is 0 Å². The van der Waals surface area contributed by atoms with Crippen LogP contribution in [0.4, 0.5) is 19.1 Å². The molecule has 0 radical (unpaired) electrons. The fourth-order valence-corrected chi connectivity index (χ4v) is 3.14. The first kappa shape index (κ1) is 24.4. The van der Waals surface area contributed by atoms with Gasteiger partial charge in [0.25, 0.3) is 5.91 Å². The van der Waals surface area contributed by atoms with Gasteiger partial charge >= 0.3 is 15.6 Å². The van der Waals surface area contributed by atoms with Gasteiger partial charge in [0.1, 0.15) is 11.4 Å². The number of morpholine rings is 1. The Morgan fingerprint density at radius 2 is 1.94 bits per heavy atom. The largest absolute Gasteiger partial charge is 0.534 e. The number of hydrogen-bond acceptors (Lipinski definition) is 10. The number of carbonyl (C=O) groups excluding carboxylic acids is 1. The summed E-state index contributed by atoms with van der Waals surface area (Å²) in [5, 5.41) is 2.60. The van der Waals surface area contributed by atoms with Crippen LogP contribution in [0.15, 0.2) is 24.4 Å². The van der Waals surface area contributed by atoms with E-state index in [1.54, 1.807) is 4.90 Å². The number of hydrogen-bond donors (Lipinski definition) is 1. The van der Waals surface area contributed by atoms with Crippen LogP contribution in [-0.2, 0) is 14.9 Å². The fraction of sp³-hybridized carbons (Fsp3) is 0.444. The molecule has 3 heterocycles. The minimum atomic E-state index is -5.96. The van der Waals surface area contributed by atoms with Crippen molar-refractivity contribution in [2.75, 3.05) is 38.3 Å². The zero-order valence-corrected chi connectivity index (χ0v) is 18.3. The minimum absolute atomic E-state index is 0.0285. The number of carbonyl (C=O) groups is 1. The topological polar surface area (TPSA) is 133 Å². The summed E-state index contributed by atoms with van der Waals surface area (Å²) in [4.78, 5) is 26.1. The molecule has 3 rings (SSSR count). The van der Waals surface area contributed by atoms with Crippen molar-refractivity contribution in [3.63, 3.8) is 0 Å². The average Bonchev–Trinajstić information content (AvgIpc) is 2.78. The van der Waals surface area contributed by atoms with Gasteiger partial charge in [-0.25, -0.2) is 9.97 Å². The van der Waals surface area contributed by atoms with E-state index in [9.17, 15) is 26.4 Å². The second-order valence-corrected chi connectivity index (χ2v) is 8.33. The Labute approximate surface area is 187 Å². The molecule has 1 N–H and O–H groups in total. The maximum absolute atomic E-state index is 12.8. The molecule has 2 aromatic rings. The third-order valence-electron chi connectivity index (χ3n) is 4.48. The molecule has 0 aromatic carbocycles. The summed E-state index contributed by atoms with van der Waals surface area (Å²) in [5.41, 5.74) is -5.56. The molecule has 1 aliphatic rings. The summed E-state index contributed by atoms with van der Waals surface area (Å²) in [5.74, 6) is -1.05. The summed E-state index contributed by atoms with van der Waals surface area (Å²) >= 11 is 0. The van der Waals surface area contributed by atoms with Gasteiger partial charge < -0.3 is 23.9 Å². The number of nitrogens with one attached hydrogen (secondary N) is 1. The molecule has 1 aliphatic heterocycles. The number of alkyl halides is 3. The van der Waals surface area contributed by atoms with E-state index in [0.717, 1.165) is 6.07 Å². The molecule has 1 saturated heterocycles. The van der Waals surface area contributed by atoms with E-state index in [-0.39, 0.29) is 17.3 Å². The van der Waals surface area contributed by atoms with Crippen LogP contribution in [0.25, 0.3) is 0 Å². The van der Waals surface area contributed by atoms with E-state index in [4.69, 9.17) is 9.47 Å². The van der Waals surface area contributed by atoms with Gasteiger partial charge in [-0.15, -0.1) is 0 Å². The molecule has 1 fully saturated rings. The molecule has 1 amide bonds. The Morgan fingerprint density at radius 3 is 2.52 bits per heavy atom. The lowest BCUT2D eigenvalue weighted by atomic mass is 10.2. The molecule has 0 bridgehead atoms. The van der Waals surface area contributed by atoms with Crippen molar-refractivity contribution in [3.05, 3.63) is 35.8 Å². The predicted molar refractivity (Wildman–Crippen MR) is 107 cm³/mol. The first-order valence-corrected chi connectivity index (χ1v) is 10.9. The predicted octanol–water partition coefficient (Wildman–Crippen LogP) is 1.44. The van der Waals surface area contributed by atoms with E-state index in [1.807, 2.05) is 0 Å². The van der Waals surface area contributed by atoms with Crippen molar-refractivity contribution in [2.24, 2.45) is 0 Å². The van der Waals surface area contributed by atoms with Crippen LogP contribution < -0.4 is 19.1 Å². The van der Waals surface area contributed by atoms with Crippen LogP contribution in [0.2, 0.25) is 0 Å². The van der Waals surface area contributed by atoms with E-state index >= 15 is 0 Å². The first-order chi connectivity index (χ1) is 15.5. The molecule has 1 atom stereocenters. The number of anilines is 1. The third-order valence-corrected chi connectivity index (χ3v) is 5.44. The Balaban J connectivity index is 1.88. The van der Waals surface area contributed by atoms with Gasteiger partial charge in [0.2, 0.25) is 11.8 Å². The van der Waals surface area contributed by atoms with Crippen molar-refractivity contribution < 1.29 is 40.0 Å². The molecule has 2 aromatic heterocycles. The lowest BCUT2D eigenvalue weighted by molar-refractivity contribution is -0.0501. The summed E-state index contributed by atoms with van der Waals surface area (Å²) < 4.78 is 75.7. The Bertz CT molecular complexity index is 1090. The molecule has 0 spiro atoms. The summed E-state index contributed by atoms with van der Waals surface area (Å²) in [6, 6.07) is 3.01. The number of halogens is 3. The van der Waals surface area contributed by atoms with E-state index < -0.39 is 33.5 Å². The number of amides is 1. The Kier molecular flexibility index (Phi) is 7.22. The Hall–Kier alpha value is -3.20. The summed E-state index contributed by atoms with van der Waals surface area (Å²) in [6.45, 7) is 2.80. The number of rotatable bonds is 7.